The fourth-order valence-corrected chi connectivity index (χ4v) is 1.67. The molecule has 2 rings (SSSR count). The highest BCUT2D eigenvalue weighted by atomic mass is 16.8. The van der Waals surface area contributed by atoms with Crippen LogP contribution in [0.4, 0.5) is 5.69 Å². The van der Waals surface area contributed by atoms with E-state index in [0.29, 0.717) is 11.6 Å². The van der Waals surface area contributed by atoms with Crippen LogP contribution < -0.4 is 5.23 Å². The second kappa shape index (κ2) is 4.57. The van der Waals surface area contributed by atoms with Gasteiger partial charge in [-0.1, -0.05) is 19.9 Å². The number of imidazole rings is 1. The van der Waals surface area contributed by atoms with Crippen LogP contribution in [-0.4, -0.2) is 14.8 Å². The minimum Gasteiger partial charge on any atom is -0.733 e. The van der Waals surface area contributed by atoms with Crippen molar-refractivity contribution in [2.75, 3.05) is 5.23 Å². The molecule has 1 heterocycles. The Morgan fingerprint density at radius 2 is 2.18 bits per heavy atom. The van der Waals surface area contributed by atoms with Gasteiger partial charge in [0.15, 0.2) is 0 Å². The molecule has 1 aromatic heterocycles. The molecule has 0 aliphatic heterocycles. The van der Waals surface area contributed by atoms with Gasteiger partial charge < -0.3 is 15.0 Å². The van der Waals surface area contributed by atoms with E-state index in [1.165, 1.54) is 0 Å². The summed E-state index contributed by atoms with van der Waals surface area (Å²) in [5, 5.41) is 20.2. The topological polar surface area (TPSA) is 64.4 Å². The Kier molecular flexibility index (Phi) is 3.12. The van der Waals surface area contributed by atoms with Gasteiger partial charge in [-0.2, -0.15) is 0 Å². The predicted molar refractivity (Wildman–Crippen MR) is 65.3 cm³/mol. The SMILES string of the molecule is CC(C)c1ccc(-n2ccnc2)c(N([O-])O)c1. The maximum atomic E-state index is 11.2. The second-order valence-corrected chi connectivity index (χ2v) is 4.15. The van der Waals surface area contributed by atoms with E-state index in [0.717, 1.165) is 5.56 Å². The molecule has 0 spiro atoms. The van der Waals surface area contributed by atoms with Gasteiger partial charge in [0.05, 0.1) is 17.7 Å². The maximum Gasteiger partial charge on any atom is 0.0992 e. The smallest absolute Gasteiger partial charge is 0.0992 e. The number of hydrogen-bond donors (Lipinski definition) is 1. The van der Waals surface area contributed by atoms with Crippen molar-refractivity contribution in [3.63, 3.8) is 0 Å². The lowest BCUT2D eigenvalue weighted by molar-refractivity contribution is 0.296. The standard InChI is InChI=1S/C12H14N3O2/c1-9(2)10-3-4-11(12(7-10)15(16)17)14-6-5-13-8-14/h3-9,16H,1-2H3/q-1. The molecular formula is C12H14N3O2-. The van der Waals surface area contributed by atoms with Crippen LogP contribution in [0, 0.1) is 5.21 Å². The summed E-state index contributed by atoms with van der Waals surface area (Å²) in [5.41, 5.74) is 1.82. The highest BCUT2D eigenvalue weighted by Crippen LogP contribution is 2.27. The van der Waals surface area contributed by atoms with Crippen LogP contribution in [0.2, 0.25) is 0 Å². The van der Waals surface area contributed by atoms with Crippen LogP contribution in [0.3, 0.4) is 0 Å². The normalized spacial score (nSPS) is 10.9. The number of anilines is 1. The number of rotatable bonds is 3. The van der Waals surface area contributed by atoms with E-state index in [1.807, 2.05) is 19.9 Å². The van der Waals surface area contributed by atoms with Crippen LogP contribution in [0.5, 0.6) is 0 Å². The molecule has 90 valence electrons. The molecule has 5 nitrogen and oxygen atoms in total. The minimum absolute atomic E-state index is 0.110. The molecule has 0 radical (unpaired) electrons. The van der Waals surface area contributed by atoms with Crippen molar-refractivity contribution in [2.45, 2.75) is 19.8 Å². The summed E-state index contributed by atoms with van der Waals surface area (Å²) in [6.07, 6.45) is 4.92. The van der Waals surface area contributed by atoms with E-state index >= 15 is 0 Å². The van der Waals surface area contributed by atoms with Gasteiger partial charge in [0.2, 0.25) is 0 Å². The average molecular weight is 232 g/mol. The van der Waals surface area contributed by atoms with E-state index in [4.69, 9.17) is 5.21 Å². The quantitative estimate of drug-likeness (QED) is 0.826. The number of nitrogens with zero attached hydrogens (tertiary/aromatic N) is 3. The molecule has 0 fully saturated rings. The lowest BCUT2D eigenvalue weighted by atomic mass is 10.0. The molecule has 1 N–H and O–H groups in total. The molecule has 0 unspecified atom stereocenters. The number of aromatic nitrogens is 2. The van der Waals surface area contributed by atoms with Crippen molar-refractivity contribution >= 4 is 5.69 Å². The van der Waals surface area contributed by atoms with Crippen LogP contribution >= 0.6 is 0 Å². The van der Waals surface area contributed by atoms with Crippen molar-refractivity contribution in [1.82, 2.24) is 9.55 Å². The highest BCUT2D eigenvalue weighted by molar-refractivity contribution is 5.63. The van der Waals surface area contributed by atoms with Gasteiger partial charge in [-0.05, 0) is 23.6 Å². The molecular weight excluding hydrogens is 218 g/mol. The van der Waals surface area contributed by atoms with Gasteiger partial charge in [-0.15, -0.1) is 0 Å². The van der Waals surface area contributed by atoms with Gasteiger partial charge in [-0.3, -0.25) is 5.21 Å². The van der Waals surface area contributed by atoms with Gasteiger partial charge in [0, 0.05) is 12.4 Å². The summed E-state index contributed by atoms with van der Waals surface area (Å²) in [6.45, 7) is 4.06. The molecule has 5 heteroatoms. The Hall–Kier alpha value is -1.85. The Labute approximate surface area is 99.5 Å². The zero-order chi connectivity index (χ0) is 12.4. The van der Waals surface area contributed by atoms with Gasteiger partial charge in [0.1, 0.15) is 0 Å². The van der Waals surface area contributed by atoms with E-state index in [2.05, 4.69) is 4.98 Å². The molecule has 0 saturated carbocycles. The van der Waals surface area contributed by atoms with E-state index in [1.54, 1.807) is 35.4 Å². The summed E-state index contributed by atoms with van der Waals surface area (Å²) >= 11 is 0. The molecule has 2 aromatic rings. The van der Waals surface area contributed by atoms with Crippen LogP contribution in [0.15, 0.2) is 36.9 Å². The van der Waals surface area contributed by atoms with Crippen LogP contribution in [-0.2, 0) is 0 Å². The molecule has 0 bridgehead atoms. The van der Waals surface area contributed by atoms with Crippen molar-refractivity contribution < 1.29 is 5.21 Å². The Bertz CT molecular complexity index is 492. The summed E-state index contributed by atoms with van der Waals surface area (Å²) in [5.74, 6) is 0.297. The first-order valence-corrected chi connectivity index (χ1v) is 5.38. The Morgan fingerprint density at radius 3 is 2.71 bits per heavy atom. The molecule has 0 saturated heterocycles. The molecule has 17 heavy (non-hydrogen) atoms. The summed E-state index contributed by atoms with van der Waals surface area (Å²) in [6, 6.07) is 5.42. The lowest BCUT2D eigenvalue weighted by Crippen LogP contribution is -2.11. The third-order valence-corrected chi connectivity index (χ3v) is 2.65. The zero-order valence-corrected chi connectivity index (χ0v) is 9.74. The van der Waals surface area contributed by atoms with E-state index in [-0.39, 0.29) is 10.9 Å². The Morgan fingerprint density at radius 1 is 1.41 bits per heavy atom. The molecule has 0 amide bonds. The molecule has 0 aliphatic rings. The van der Waals surface area contributed by atoms with Crippen molar-refractivity contribution in [3.8, 4) is 5.69 Å². The van der Waals surface area contributed by atoms with Gasteiger partial charge >= 0.3 is 0 Å². The van der Waals surface area contributed by atoms with E-state index < -0.39 is 0 Å². The average Bonchev–Trinajstić information content (AvgIpc) is 2.81. The summed E-state index contributed by atoms with van der Waals surface area (Å²) in [4.78, 5) is 3.92. The number of benzene rings is 1. The largest absolute Gasteiger partial charge is 0.733 e. The van der Waals surface area contributed by atoms with Gasteiger partial charge in [-0.25, -0.2) is 4.98 Å². The first-order valence-electron chi connectivity index (χ1n) is 5.38. The molecule has 1 aromatic carbocycles. The fourth-order valence-electron chi connectivity index (χ4n) is 1.67. The zero-order valence-electron chi connectivity index (χ0n) is 9.74. The maximum absolute atomic E-state index is 11.2. The third-order valence-electron chi connectivity index (χ3n) is 2.65. The first-order chi connectivity index (χ1) is 8.09. The first kappa shape index (κ1) is 11.6. The van der Waals surface area contributed by atoms with Gasteiger partial charge in [0.25, 0.3) is 0 Å². The highest BCUT2D eigenvalue weighted by Gasteiger charge is 2.08. The van der Waals surface area contributed by atoms with E-state index in [9.17, 15) is 5.21 Å². The second-order valence-electron chi connectivity index (χ2n) is 4.15. The van der Waals surface area contributed by atoms with Crippen LogP contribution in [0.1, 0.15) is 25.3 Å². The predicted octanol–water partition coefficient (Wildman–Crippen LogP) is 2.69. The molecule has 0 atom stereocenters. The fraction of sp³-hybridized carbons (Fsp3) is 0.250. The Balaban J connectivity index is 2.53. The van der Waals surface area contributed by atoms with Crippen molar-refractivity contribution in [1.29, 1.82) is 0 Å². The lowest BCUT2D eigenvalue weighted by Gasteiger charge is -2.26. The summed E-state index contributed by atoms with van der Waals surface area (Å²) in [7, 11) is 0. The number of hydrogen-bond acceptors (Lipinski definition) is 4. The van der Waals surface area contributed by atoms with Crippen molar-refractivity contribution in [3.05, 3.63) is 47.7 Å². The van der Waals surface area contributed by atoms with Crippen LogP contribution in [0.25, 0.3) is 5.69 Å². The monoisotopic (exact) mass is 232 g/mol. The summed E-state index contributed by atoms with van der Waals surface area (Å²) < 4.78 is 1.68. The minimum atomic E-state index is -0.110. The van der Waals surface area contributed by atoms with Crippen molar-refractivity contribution in [2.24, 2.45) is 0 Å². The third kappa shape index (κ3) is 2.30. The molecule has 0 aliphatic carbocycles.